The molecule has 1 saturated heterocycles. The number of anilines is 1. The van der Waals surface area contributed by atoms with Crippen LogP contribution in [0.3, 0.4) is 0 Å². The van der Waals surface area contributed by atoms with Gasteiger partial charge < -0.3 is 10.2 Å². The van der Waals surface area contributed by atoms with E-state index in [4.69, 9.17) is 11.6 Å². The van der Waals surface area contributed by atoms with Gasteiger partial charge in [-0.25, -0.2) is 4.98 Å². The molecule has 0 bridgehead atoms. The van der Waals surface area contributed by atoms with E-state index in [1.54, 1.807) is 11.3 Å². The Hall–Kier alpha value is -0.880. The number of fused-ring (bicyclic) bond motifs is 1. The minimum atomic E-state index is 0.532. The Bertz CT molecular complexity index is 600. The molecule has 1 atom stereocenters. The van der Waals surface area contributed by atoms with E-state index in [1.807, 2.05) is 18.2 Å². The summed E-state index contributed by atoms with van der Waals surface area (Å²) >= 11 is 7.67. The first-order valence-corrected chi connectivity index (χ1v) is 8.00. The third-order valence-electron chi connectivity index (χ3n) is 3.82. The molecule has 0 amide bonds. The number of nitrogens with zero attached hydrogens (tertiary/aromatic N) is 3. The van der Waals surface area contributed by atoms with Crippen LogP contribution < -0.4 is 5.32 Å². The summed E-state index contributed by atoms with van der Waals surface area (Å²) in [7, 11) is 4.37. The topological polar surface area (TPSA) is 31.4 Å². The van der Waals surface area contributed by atoms with Crippen molar-refractivity contribution in [1.82, 2.24) is 14.8 Å². The van der Waals surface area contributed by atoms with Crippen molar-refractivity contribution >= 4 is 38.3 Å². The first-order chi connectivity index (χ1) is 9.61. The van der Waals surface area contributed by atoms with Crippen LogP contribution in [0.2, 0.25) is 5.02 Å². The van der Waals surface area contributed by atoms with Crippen molar-refractivity contribution in [2.45, 2.75) is 6.04 Å². The molecule has 4 nitrogen and oxygen atoms in total. The molecule has 108 valence electrons. The van der Waals surface area contributed by atoms with E-state index in [1.165, 1.54) is 0 Å². The number of benzene rings is 1. The highest BCUT2D eigenvalue weighted by Crippen LogP contribution is 2.28. The molecular weight excluding hydrogens is 292 g/mol. The van der Waals surface area contributed by atoms with E-state index in [9.17, 15) is 0 Å². The molecule has 0 spiro atoms. The third kappa shape index (κ3) is 3.06. The first-order valence-electron chi connectivity index (χ1n) is 6.80. The molecule has 1 fully saturated rings. The van der Waals surface area contributed by atoms with Crippen LogP contribution in [0.15, 0.2) is 18.2 Å². The summed E-state index contributed by atoms with van der Waals surface area (Å²) in [6.07, 6.45) is 0. The Morgan fingerprint density at radius 1 is 1.40 bits per heavy atom. The Morgan fingerprint density at radius 2 is 2.25 bits per heavy atom. The molecule has 6 heteroatoms. The van der Waals surface area contributed by atoms with Crippen LogP contribution in [0, 0.1) is 0 Å². The number of hydrogen-bond acceptors (Lipinski definition) is 5. The summed E-state index contributed by atoms with van der Waals surface area (Å²) < 4.78 is 1.13. The maximum absolute atomic E-state index is 6.01. The van der Waals surface area contributed by atoms with Crippen LogP contribution in [-0.2, 0) is 0 Å². The zero-order valence-electron chi connectivity index (χ0n) is 11.8. The van der Waals surface area contributed by atoms with Crippen molar-refractivity contribution in [2.75, 3.05) is 45.6 Å². The average molecular weight is 311 g/mol. The van der Waals surface area contributed by atoms with Crippen molar-refractivity contribution in [3.05, 3.63) is 23.2 Å². The predicted octanol–water partition coefficient (Wildman–Crippen LogP) is 2.61. The second-order valence-electron chi connectivity index (χ2n) is 5.41. The van der Waals surface area contributed by atoms with E-state index in [0.717, 1.165) is 46.5 Å². The molecule has 1 N–H and O–H groups in total. The average Bonchev–Trinajstić information content (AvgIpc) is 2.81. The van der Waals surface area contributed by atoms with E-state index in [2.05, 4.69) is 34.2 Å². The number of piperazine rings is 1. The standard InChI is InChI=1S/C14H19ClN4S/c1-18-5-6-19(2)11(9-18)8-16-14-17-12-4-3-10(15)7-13(12)20-14/h3-4,7,11H,5-6,8-9H2,1-2H3,(H,16,17). The lowest BCUT2D eigenvalue weighted by molar-refractivity contribution is 0.122. The van der Waals surface area contributed by atoms with Gasteiger partial charge in [0, 0.05) is 37.2 Å². The van der Waals surface area contributed by atoms with Gasteiger partial charge in [0.25, 0.3) is 0 Å². The van der Waals surface area contributed by atoms with Crippen LogP contribution in [-0.4, -0.2) is 61.1 Å². The van der Waals surface area contributed by atoms with Gasteiger partial charge >= 0.3 is 0 Å². The Labute approximate surface area is 128 Å². The van der Waals surface area contributed by atoms with Crippen LogP contribution in [0.4, 0.5) is 5.13 Å². The summed E-state index contributed by atoms with van der Waals surface area (Å²) in [6.45, 7) is 4.29. The molecule has 1 unspecified atom stereocenters. The monoisotopic (exact) mass is 310 g/mol. The normalized spacial score (nSPS) is 21.4. The zero-order chi connectivity index (χ0) is 14.1. The molecule has 1 aliphatic heterocycles. The van der Waals surface area contributed by atoms with Gasteiger partial charge in [-0.3, -0.25) is 4.90 Å². The Balaban J connectivity index is 1.67. The first kappa shape index (κ1) is 14.1. The maximum Gasteiger partial charge on any atom is 0.183 e. The number of rotatable bonds is 3. The Morgan fingerprint density at radius 3 is 3.10 bits per heavy atom. The fraction of sp³-hybridized carbons (Fsp3) is 0.500. The van der Waals surface area contributed by atoms with Crippen molar-refractivity contribution in [3.63, 3.8) is 0 Å². The van der Waals surface area contributed by atoms with Crippen LogP contribution in [0.25, 0.3) is 10.2 Å². The van der Waals surface area contributed by atoms with Crippen molar-refractivity contribution in [1.29, 1.82) is 0 Å². The van der Waals surface area contributed by atoms with Gasteiger partial charge in [-0.2, -0.15) is 0 Å². The van der Waals surface area contributed by atoms with Crippen LogP contribution >= 0.6 is 22.9 Å². The van der Waals surface area contributed by atoms with E-state index in [-0.39, 0.29) is 0 Å². The van der Waals surface area contributed by atoms with Crippen molar-refractivity contribution in [3.8, 4) is 0 Å². The van der Waals surface area contributed by atoms with Crippen LogP contribution in [0.1, 0.15) is 0 Å². The van der Waals surface area contributed by atoms with Gasteiger partial charge in [0.05, 0.1) is 10.2 Å². The molecule has 1 aromatic carbocycles. The molecular formula is C14H19ClN4S. The predicted molar refractivity (Wildman–Crippen MR) is 87.0 cm³/mol. The summed E-state index contributed by atoms with van der Waals surface area (Å²) in [4.78, 5) is 9.39. The van der Waals surface area contributed by atoms with Gasteiger partial charge in [0.1, 0.15) is 0 Å². The number of hydrogen-bond donors (Lipinski definition) is 1. The summed E-state index contributed by atoms with van der Waals surface area (Å²) in [5.74, 6) is 0. The van der Waals surface area contributed by atoms with Gasteiger partial charge in [-0.15, -0.1) is 0 Å². The summed E-state index contributed by atoms with van der Waals surface area (Å²) in [5.41, 5.74) is 1.01. The second kappa shape index (κ2) is 5.85. The number of thiazole rings is 1. The molecule has 0 saturated carbocycles. The molecule has 3 rings (SSSR count). The highest BCUT2D eigenvalue weighted by Gasteiger charge is 2.22. The SMILES string of the molecule is CN1CCN(C)C(CNc2nc3ccc(Cl)cc3s2)C1. The fourth-order valence-corrected chi connectivity index (χ4v) is 3.65. The highest BCUT2D eigenvalue weighted by molar-refractivity contribution is 7.22. The van der Waals surface area contributed by atoms with Crippen LogP contribution in [0.5, 0.6) is 0 Å². The number of aromatic nitrogens is 1. The fourth-order valence-electron chi connectivity index (χ4n) is 2.50. The summed E-state index contributed by atoms with van der Waals surface area (Å²) in [6, 6.07) is 6.36. The second-order valence-corrected chi connectivity index (χ2v) is 6.88. The molecule has 0 radical (unpaired) electrons. The number of nitrogens with one attached hydrogen (secondary N) is 1. The maximum atomic E-state index is 6.01. The van der Waals surface area contributed by atoms with E-state index < -0.39 is 0 Å². The smallest absolute Gasteiger partial charge is 0.183 e. The van der Waals surface area contributed by atoms with Gasteiger partial charge in [0.15, 0.2) is 5.13 Å². The minimum Gasteiger partial charge on any atom is -0.360 e. The molecule has 1 aromatic heterocycles. The lowest BCUT2D eigenvalue weighted by atomic mass is 10.2. The summed E-state index contributed by atoms with van der Waals surface area (Å²) in [5, 5.41) is 5.21. The van der Waals surface area contributed by atoms with E-state index in [0.29, 0.717) is 6.04 Å². The zero-order valence-corrected chi connectivity index (χ0v) is 13.3. The van der Waals surface area contributed by atoms with Crippen molar-refractivity contribution in [2.24, 2.45) is 0 Å². The quantitative estimate of drug-likeness (QED) is 0.944. The number of halogens is 1. The highest BCUT2D eigenvalue weighted by atomic mass is 35.5. The van der Waals surface area contributed by atoms with Crippen molar-refractivity contribution < 1.29 is 0 Å². The largest absolute Gasteiger partial charge is 0.360 e. The van der Waals surface area contributed by atoms with Gasteiger partial charge in [-0.05, 0) is 32.3 Å². The lowest BCUT2D eigenvalue weighted by Crippen LogP contribution is -2.52. The lowest BCUT2D eigenvalue weighted by Gasteiger charge is -2.37. The molecule has 2 heterocycles. The molecule has 1 aliphatic rings. The Kier molecular flexibility index (Phi) is 4.12. The molecule has 2 aromatic rings. The van der Waals surface area contributed by atoms with E-state index >= 15 is 0 Å². The third-order valence-corrected chi connectivity index (χ3v) is 5.03. The number of likely N-dealkylation sites (N-methyl/N-ethyl adjacent to an activating group) is 2. The van der Waals surface area contributed by atoms with Gasteiger partial charge in [-0.1, -0.05) is 22.9 Å². The molecule has 20 heavy (non-hydrogen) atoms. The minimum absolute atomic E-state index is 0.532. The molecule has 0 aliphatic carbocycles. The van der Waals surface area contributed by atoms with Gasteiger partial charge in [0.2, 0.25) is 0 Å².